The van der Waals surface area contributed by atoms with Crippen LogP contribution in [0.4, 0.5) is 0 Å². The van der Waals surface area contributed by atoms with Crippen LogP contribution in [0, 0.1) is 0 Å². The third-order valence-electron chi connectivity index (χ3n) is 4.31. The minimum atomic E-state index is -0.152. The highest BCUT2D eigenvalue weighted by Crippen LogP contribution is 2.26. The number of hydrogen-bond donors (Lipinski definition) is 0. The number of benzene rings is 2. The van der Waals surface area contributed by atoms with Crippen LogP contribution in [-0.2, 0) is 16.0 Å². The van der Waals surface area contributed by atoms with Crippen LogP contribution in [0.2, 0.25) is 0 Å². The normalized spacial score (nSPS) is 11.9. The number of aromatic nitrogens is 2. The number of nitrogens with zero attached hydrogens (tertiary/aromatic N) is 2. The summed E-state index contributed by atoms with van der Waals surface area (Å²) in [5.74, 6) is -0.152. The Morgan fingerprint density at radius 2 is 1.80 bits per heavy atom. The van der Waals surface area contributed by atoms with Crippen LogP contribution in [0.15, 0.2) is 73.3 Å². The topological polar surface area (TPSA) is 44.1 Å². The Morgan fingerprint density at radius 3 is 2.44 bits per heavy atom. The number of carbonyl (C=O) groups is 1. The quantitative estimate of drug-likeness (QED) is 0.613. The molecule has 4 nitrogen and oxygen atoms in total. The highest BCUT2D eigenvalue weighted by atomic mass is 16.5. The van der Waals surface area contributed by atoms with Gasteiger partial charge >= 0.3 is 5.97 Å². The van der Waals surface area contributed by atoms with Gasteiger partial charge in [0.15, 0.2) is 0 Å². The van der Waals surface area contributed by atoms with Crippen molar-refractivity contribution in [1.82, 2.24) is 9.55 Å². The zero-order valence-corrected chi connectivity index (χ0v) is 14.3. The second kappa shape index (κ2) is 8.29. The lowest BCUT2D eigenvalue weighted by Crippen LogP contribution is -2.10. The van der Waals surface area contributed by atoms with Gasteiger partial charge in [-0.2, -0.15) is 0 Å². The first kappa shape index (κ1) is 17.0. The molecule has 0 aliphatic rings. The van der Waals surface area contributed by atoms with Crippen molar-refractivity contribution in [2.75, 3.05) is 7.11 Å². The van der Waals surface area contributed by atoms with Crippen LogP contribution in [0.5, 0.6) is 0 Å². The summed E-state index contributed by atoms with van der Waals surface area (Å²) in [6, 6.07) is 19.1. The smallest absolute Gasteiger partial charge is 0.305 e. The molecule has 2 aromatic carbocycles. The molecule has 25 heavy (non-hydrogen) atoms. The summed E-state index contributed by atoms with van der Waals surface area (Å²) >= 11 is 0. The van der Waals surface area contributed by atoms with Crippen molar-refractivity contribution in [2.45, 2.75) is 25.3 Å². The standard InChI is InChI=1S/C21H22N2O2/c1-25-20(24)9-5-6-17-10-12-19(13-11-17)21(23-15-14-22-16-23)18-7-3-2-4-8-18/h2-4,7-8,10-16,21H,5-6,9H2,1H3. The number of esters is 1. The van der Waals surface area contributed by atoms with Gasteiger partial charge in [-0.1, -0.05) is 54.6 Å². The maximum Gasteiger partial charge on any atom is 0.305 e. The molecule has 0 saturated carbocycles. The molecule has 0 bridgehead atoms. The Bertz CT molecular complexity index is 781. The molecular weight excluding hydrogens is 312 g/mol. The minimum Gasteiger partial charge on any atom is -0.469 e. The van der Waals surface area contributed by atoms with Crippen LogP contribution in [0.1, 0.15) is 35.6 Å². The highest BCUT2D eigenvalue weighted by molar-refractivity contribution is 5.69. The molecule has 1 heterocycles. The number of ether oxygens (including phenoxy) is 1. The van der Waals surface area contributed by atoms with Gasteiger partial charge in [0.2, 0.25) is 0 Å². The fourth-order valence-corrected chi connectivity index (χ4v) is 3.00. The first-order valence-corrected chi connectivity index (χ1v) is 8.46. The maximum absolute atomic E-state index is 11.2. The van der Waals surface area contributed by atoms with E-state index < -0.39 is 0 Å². The fraction of sp³-hybridized carbons (Fsp3) is 0.238. The third kappa shape index (κ3) is 4.35. The van der Waals surface area contributed by atoms with Crippen molar-refractivity contribution < 1.29 is 9.53 Å². The van der Waals surface area contributed by atoms with Gasteiger partial charge in [0.1, 0.15) is 0 Å². The van der Waals surface area contributed by atoms with Crippen molar-refractivity contribution in [3.05, 3.63) is 90.0 Å². The molecule has 0 fully saturated rings. The van der Waals surface area contributed by atoms with E-state index in [1.54, 1.807) is 6.20 Å². The molecule has 3 aromatic rings. The van der Waals surface area contributed by atoms with E-state index in [0.29, 0.717) is 6.42 Å². The molecule has 0 aliphatic carbocycles. The van der Waals surface area contributed by atoms with E-state index in [-0.39, 0.29) is 12.0 Å². The fourth-order valence-electron chi connectivity index (χ4n) is 3.00. The second-order valence-electron chi connectivity index (χ2n) is 5.99. The average Bonchev–Trinajstić information content (AvgIpc) is 3.18. The molecule has 0 saturated heterocycles. The zero-order valence-electron chi connectivity index (χ0n) is 14.3. The van der Waals surface area contributed by atoms with Gasteiger partial charge in [-0.15, -0.1) is 0 Å². The molecule has 128 valence electrons. The van der Waals surface area contributed by atoms with Gasteiger partial charge in [0, 0.05) is 18.8 Å². The summed E-state index contributed by atoms with van der Waals surface area (Å²) < 4.78 is 6.79. The van der Waals surface area contributed by atoms with Gasteiger partial charge in [-0.3, -0.25) is 4.79 Å². The second-order valence-corrected chi connectivity index (χ2v) is 5.99. The van der Waals surface area contributed by atoms with Crippen molar-refractivity contribution in [2.24, 2.45) is 0 Å². The summed E-state index contributed by atoms with van der Waals surface area (Å²) in [5, 5.41) is 0. The molecule has 1 unspecified atom stereocenters. The lowest BCUT2D eigenvalue weighted by atomic mass is 9.96. The third-order valence-corrected chi connectivity index (χ3v) is 4.31. The molecule has 0 amide bonds. The first-order chi connectivity index (χ1) is 12.3. The molecule has 3 rings (SSSR count). The summed E-state index contributed by atoms with van der Waals surface area (Å²) in [6.45, 7) is 0. The molecule has 0 spiro atoms. The molecule has 0 N–H and O–H groups in total. The lowest BCUT2D eigenvalue weighted by molar-refractivity contribution is -0.140. The number of rotatable bonds is 7. The number of aryl methyl sites for hydroxylation is 1. The number of carbonyl (C=O) groups excluding carboxylic acids is 1. The lowest BCUT2D eigenvalue weighted by Gasteiger charge is -2.20. The number of methoxy groups -OCH3 is 1. The van der Waals surface area contributed by atoms with Gasteiger partial charge in [-0.25, -0.2) is 4.98 Å². The molecule has 0 radical (unpaired) electrons. The van der Waals surface area contributed by atoms with E-state index in [1.165, 1.54) is 23.8 Å². The summed E-state index contributed by atoms with van der Waals surface area (Å²) in [6.07, 6.45) is 7.77. The van der Waals surface area contributed by atoms with E-state index in [2.05, 4.69) is 62.8 Å². The van der Waals surface area contributed by atoms with E-state index in [9.17, 15) is 4.79 Å². The summed E-state index contributed by atoms with van der Waals surface area (Å²) in [5.41, 5.74) is 3.66. The number of imidazole rings is 1. The Labute approximate surface area is 148 Å². The van der Waals surface area contributed by atoms with E-state index in [0.717, 1.165) is 12.8 Å². The van der Waals surface area contributed by atoms with Crippen LogP contribution in [-0.4, -0.2) is 22.6 Å². The summed E-state index contributed by atoms with van der Waals surface area (Å²) in [4.78, 5) is 15.4. The predicted molar refractivity (Wildman–Crippen MR) is 97.3 cm³/mol. The monoisotopic (exact) mass is 334 g/mol. The van der Waals surface area contributed by atoms with Crippen molar-refractivity contribution in [1.29, 1.82) is 0 Å². The van der Waals surface area contributed by atoms with Gasteiger partial charge in [0.25, 0.3) is 0 Å². The Balaban J connectivity index is 1.77. The van der Waals surface area contributed by atoms with E-state index >= 15 is 0 Å². The van der Waals surface area contributed by atoms with E-state index in [4.69, 9.17) is 0 Å². The average molecular weight is 334 g/mol. The van der Waals surface area contributed by atoms with Gasteiger partial charge in [0.05, 0.1) is 19.5 Å². The molecular formula is C21H22N2O2. The van der Waals surface area contributed by atoms with Crippen molar-refractivity contribution in [3.63, 3.8) is 0 Å². The minimum absolute atomic E-state index is 0.104. The van der Waals surface area contributed by atoms with E-state index in [1.807, 2.05) is 18.6 Å². The summed E-state index contributed by atoms with van der Waals surface area (Å²) in [7, 11) is 1.43. The highest BCUT2D eigenvalue weighted by Gasteiger charge is 2.15. The van der Waals surface area contributed by atoms with Crippen molar-refractivity contribution in [3.8, 4) is 0 Å². The van der Waals surface area contributed by atoms with Crippen LogP contribution in [0.3, 0.4) is 0 Å². The molecule has 0 aliphatic heterocycles. The molecule has 1 aromatic heterocycles. The number of hydrogen-bond acceptors (Lipinski definition) is 3. The van der Waals surface area contributed by atoms with Gasteiger partial charge < -0.3 is 9.30 Å². The largest absolute Gasteiger partial charge is 0.469 e. The molecule has 4 heteroatoms. The van der Waals surface area contributed by atoms with Crippen LogP contribution < -0.4 is 0 Å². The van der Waals surface area contributed by atoms with Crippen molar-refractivity contribution >= 4 is 5.97 Å². The Morgan fingerprint density at radius 1 is 1.08 bits per heavy atom. The maximum atomic E-state index is 11.2. The predicted octanol–water partition coefficient (Wildman–Crippen LogP) is 4.02. The Hall–Kier alpha value is -2.88. The van der Waals surface area contributed by atoms with Crippen LogP contribution >= 0.6 is 0 Å². The van der Waals surface area contributed by atoms with Gasteiger partial charge in [-0.05, 0) is 29.5 Å². The Kier molecular flexibility index (Phi) is 5.62. The SMILES string of the molecule is COC(=O)CCCc1ccc(C(c2ccccc2)n2ccnc2)cc1. The van der Waals surface area contributed by atoms with Crippen LogP contribution in [0.25, 0.3) is 0 Å². The molecule has 1 atom stereocenters. The zero-order chi connectivity index (χ0) is 17.5. The first-order valence-electron chi connectivity index (χ1n) is 8.46.